The van der Waals surface area contributed by atoms with Gasteiger partial charge in [0.25, 0.3) is 0 Å². The Morgan fingerprint density at radius 3 is 0.886 bits per heavy atom. The summed E-state index contributed by atoms with van der Waals surface area (Å²) in [6.45, 7) is -1.07. The molecule has 0 radical (unpaired) electrons. The Morgan fingerprint density at radius 2 is 0.629 bits per heavy atom. The van der Waals surface area contributed by atoms with Gasteiger partial charge in [-0.15, -0.1) is 0 Å². The van der Waals surface area contributed by atoms with Gasteiger partial charge in [0.15, 0.2) is 57.6 Å². The van der Waals surface area contributed by atoms with Crippen LogP contribution in [-0.4, -0.2) is 145 Å². The number of carbonyl (C=O) groups excluding carboxylic acids is 4. The predicted octanol–water partition coefficient (Wildman–Crippen LogP) is 6.25. The maximum Gasteiger partial charge on any atom is 0.312 e. The quantitative estimate of drug-likeness (QED) is 0.0906. The molecule has 2 fully saturated rings. The number of methoxy groups -OCH3 is 12. The van der Waals surface area contributed by atoms with E-state index in [0.717, 1.165) is 0 Å². The summed E-state index contributed by atoms with van der Waals surface area (Å²) >= 11 is 0. The molecule has 2 saturated heterocycles. The zero-order valence-corrected chi connectivity index (χ0v) is 41.2. The molecule has 0 spiro atoms. The third-order valence-electron chi connectivity index (χ3n) is 11.5. The van der Waals surface area contributed by atoms with Crippen molar-refractivity contribution in [3.8, 4) is 69.0 Å². The third kappa shape index (κ3) is 10.4. The van der Waals surface area contributed by atoms with Crippen LogP contribution in [0, 0.1) is 0 Å². The fourth-order valence-corrected chi connectivity index (χ4v) is 8.22. The first-order chi connectivity index (χ1) is 33.8. The molecule has 0 aliphatic carbocycles. The number of hydrogen-bond acceptors (Lipinski definition) is 16. The molecule has 2 aliphatic rings. The number of nitrogens with zero attached hydrogens (tertiary/aromatic N) is 2. The minimum atomic E-state index is -0.943. The van der Waals surface area contributed by atoms with E-state index in [0.29, 0.717) is 79.7 Å². The zero-order valence-electron chi connectivity index (χ0n) is 41.2. The maximum atomic E-state index is 14.8. The summed E-state index contributed by atoms with van der Waals surface area (Å²) in [5.74, 6) is 1.25. The molecule has 0 bridgehead atoms. The zero-order chi connectivity index (χ0) is 50.8. The molecule has 70 heavy (non-hydrogen) atoms. The molecular formula is C52H56N2O16. The average Bonchev–Trinajstić information content (AvgIpc) is 3.38. The second-order valence-electron chi connectivity index (χ2n) is 15.5. The molecule has 18 heteroatoms. The van der Waals surface area contributed by atoms with Crippen LogP contribution in [0.4, 0.5) is 0 Å². The first-order valence-electron chi connectivity index (χ1n) is 21.5. The summed E-state index contributed by atoms with van der Waals surface area (Å²) in [7, 11) is 17.6. The van der Waals surface area contributed by atoms with Crippen molar-refractivity contribution in [3.05, 3.63) is 93.1 Å². The van der Waals surface area contributed by atoms with Gasteiger partial charge in [-0.2, -0.15) is 0 Å². The van der Waals surface area contributed by atoms with Crippen molar-refractivity contribution >= 4 is 47.7 Å². The van der Waals surface area contributed by atoms with Crippen LogP contribution < -0.4 is 56.8 Å². The number of piperidine rings is 2. The van der Waals surface area contributed by atoms with Gasteiger partial charge in [-0.25, -0.2) is 0 Å². The fourth-order valence-electron chi connectivity index (χ4n) is 8.22. The van der Waals surface area contributed by atoms with E-state index < -0.39 is 23.4 Å². The Kier molecular flexibility index (Phi) is 16.6. The van der Waals surface area contributed by atoms with E-state index >= 15 is 0 Å². The van der Waals surface area contributed by atoms with E-state index in [4.69, 9.17) is 56.8 Å². The van der Waals surface area contributed by atoms with Crippen molar-refractivity contribution in [2.75, 3.05) is 111 Å². The van der Waals surface area contributed by atoms with Gasteiger partial charge in [-0.05, 0) is 89.5 Å². The van der Waals surface area contributed by atoms with E-state index in [-0.39, 0.29) is 60.0 Å². The van der Waals surface area contributed by atoms with Gasteiger partial charge in [-0.1, -0.05) is 0 Å². The highest BCUT2D eigenvalue weighted by Gasteiger charge is 2.38. The topological polar surface area (TPSA) is 186 Å². The van der Waals surface area contributed by atoms with Gasteiger partial charge in [0.1, 0.15) is 0 Å². The Bertz CT molecular complexity index is 2650. The first-order valence-corrected chi connectivity index (χ1v) is 21.5. The normalized spacial score (nSPS) is 16.0. The number of Topliss-reactive ketones (excluding diaryl/α,β-unsaturated/α-hetero) is 2. The van der Waals surface area contributed by atoms with Crippen molar-refractivity contribution in [2.45, 2.75) is 0 Å². The predicted molar refractivity (Wildman–Crippen MR) is 259 cm³/mol. The molecule has 4 aromatic carbocycles. The molecule has 4 aromatic rings. The van der Waals surface area contributed by atoms with Gasteiger partial charge in [0.2, 0.25) is 23.0 Å². The molecule has 6 rings (SSSR count). The molecule has 0 aromatic heterocycles. The lowest BCUT2D eigenvalue weighted by molar-refractivity contribution is -0.151. The highest BCUT2D eigenvalue weighted by molar-refractivity contribution is 6.36. The number of ether oxygens (including phenoxy) is 12. The summed E-state index contributed by atoms with van der Waals surface area (Å²) in [5.41, 5.74) is 2.54. The van der Waals surface area contributed by atoms with E-state index in [1.54, 1.807) is 72.8 Å². The average molecular weight is 965 g/mol. The van der Waals surface area contributed by atoms with E-state index in [9.17, 15) is 19.2 Å². The molecule has 2 heterocycles. The van der Waals surface area contributed by atoms with E-state index in [1.807, 2.05) is 0 Å². The molecule has 2 amide bonds. The molecule has 18 nitrogen and oxygen atoms in total. The number of ketones is 2. The van der Waals surface area contributed by atoms with Crippen molar-refractivity contribution < 1.29 is 76.0 Å². The maximum absolute atomic E-state index is 14.8. The van der Waals surface area contributed by atoms with Crippen molar-refractivity contribution in [3.63, 3.8) is 0 Å². The lowest BCUT2D eigenvalue weighted by Crippen LogP contribution is -2.52. The Labute approximate surface area is 406 Å². The van der Waals surface area contributed by atoms with Gasteiger partial charge < -0.3 is 66.6 Å². The van der Waals surface area contributed by atoms with Gasteiger partial charge >= 0.3 is 11.8 Å². The molecule has 0 atom stereocenters. The summed E-state index contributed by atoms with van der Waals surface area (Å²) < 4.78 is 66.8. The number of amides is 2. The summed E-state index contributed by atoms with van der Waals surface area (Å²) in [6.07, 6.45) is 6.35. The lowest BCUT2D eigenvalue weighted by Gasteiger charge is -2.34. The van der Waals surface area contributed by atoms with Gasteiger partial charge in [0, 0.05) is 27.9 Å². The fraction of sp³-hybridized carbons (Fsp3) is 0.308. The minimum absolute atomic E-state index is 0.149. The number of benzene rings is 4. The summed E-state index contributed by atoms with van der Waals surface area (Å²) in [4.78, 5) is 61.3. The number of carbonyl (C=O) groups is 4. The van der Waals surface area contributed by atoms with Crippen LogP contribution in [0.3, 0.4) is 0 Å². The van der Waals surface area contributed by atoms with Crippen molar-refractivity contribution in [1.29, 1.82) is 0 Å². The van der Waals surface area contributed by atoms with E-state index in [1.165, 1.54) is 95.1 Å². The highest BCUT2D eigenvalue weighted by Crippen LogP contribution is 2.43. The molecule has 0 unspecified atom stereocenters. The van der Waals surface area contributed by atoms with Crippen LogP contribution in [-0.2, 0) is 19.2 Å². The van der Waals surface area contributed by atoms with Gasteiger partial charge in [0.05, 0.1) is 111 Å². The first kappa shape index (κ1) is 51.1. The van der Waals surface area contributed by atoms with Crippen LogP contribution >= 0.6 is 0 Å². The largest absolute Gasteiger partial charge is 0.493 e. The van der Waals surface area contributed by atoms with Crippen LogP contribution in [0.5, 0.6) is 69.0 Å². The van der Waals surface area contributed by atoms with Crippen LogP contribution in [0.25, 0.3) is 24.3 Å². The van der Waals surface area contributed by atoms with Crippen molar-refractivity contribution in [1.82, 2.24) is 9.80 Å². The van der Waals surface area contributed by atoms with Crippen LogP contribution in [0.1, 0.15) is 22.3 Å². The van der Waals surface area contributed by atoms with Crippen molar-refractivity contribution in [2.24, 2.45) is 0 Å². The second-order valence-corrected chi connectivity index (χ2v) is 15.5. The van der Waals surface area contributed by atoms with Crippen LogP contribution in [0.2, 0.25) is 0 Å². The van der Waals surface area contributed by atoms with Crippen LogP contribution in [0.15, 0.2) is 70.8 Å². The Hall–Kier alpha value is -8.28. The third-order valence-corrected chi connectivity index (χ3v) is 11.5. The monoisotopic (exact) mass is 964 g/mol. The Balaban J connectivity index is 1.48. The lowest BCUT2D eigenvalue weighted by atomic mass is 9.92. The molecule has 2 aliphatic heterocycles. The van der Waals surface area contributed by atoms with Gasteiger partial charge in [-0.3, -0.25) is 19.2 Å². The summed E-state index contributed by atoms with van der Waals surface area (Å²) in [5, 5.41) is 0. The number of hydrogen-bond donors (Lipinski definition) is 0. The summed E-state index contributed by atoms with van der Waals surface area (Å²) in [6, 6.07) is 13.3. The SMILES string of the molecule is COc1cc(/C=C2\CN(C(=O)C(=O)N3C/C(=C\c4cc(OC)c(OC)c(OC)c4)C(=O)/C(=C/c4ccc(OC)c(OC)c4OC)C3)C/C(=C\c3cc(OC)c(OC)c(OC)c3)C2=O)cc(OC)c1OC. The molecule has 370 valence electrons. The Morgan fingerprint density at radius 1 is 0.357 bits per heavy atom. The standard InChI is InChI=1S/C52H56N2O16/c1-59-37-14-13-32(46(66-8)50(37)70-12)24-36-28-54(27-35(45(36)56)17-31-22-42(64-6)49(69-11)43(23-31)65-7)52(58)51(57)53-25-33(15-29-18-38(60-2)47(67-9)39(19-29)61-3)44(55)34(26-53)16-30-20-40(62-4)48(68-10)41(21-30)63-5/h13-24H,25-28H2,1-12H3/b33-15+,34-16+,35-17+,36-24+. The number of likely N-dealkylation sites (tertiary alicyclic amines) is 2. The smallest absolute Gasteiger partial charge is 0.312 e. The highest BCUT2D eigenvalue weighted by atomic mass is 16.6. The molecule has 0 saturated carbocycles. The number of rotatable bonds is 16. The molecular weight excluding hydrogens is 909 g/mol. The molecule has 0 N–H and O–H groups in total. The van der Waals surface area contributed by atoms with E-state index in [2.05, 4.69) is 0 Å². The second kappa shape index (κ2) is 22.7. The minimum Gasteiger partial charge on any atom is -0.493 e.